The molecule has 0 spiro atoms. The molecule has 1 aromatic heterocycles. The molecule has 16 heavy (non-hydrogen) atoms. The lowest BCUT2D eigenvalue weighted by Crippen LogP contribution is -2.06. The molecule has 1 heterocycles. The summed E-state index contributed by atoms with van der Waals surface area (Å²) < 4.78 is 10.2. The molecule has 0 aliphatic heterocycles. The van der Waals surface area contributed by atoms with Crippen LogP contribution in [-0.4, -0.2) is 17.3 Å². The molecule has 0 saturated carbocycles. The maximum absolute atomic E-state index is 5.65. The van der Waals surface area contributed by atoms with Crippen molar-refractivity contribution in [3.05, 3.63) is 30.1 Å². The Kier molecular flexibility index (Phi) is 2.87. The van der Waals surface area contributed by atoms with E-state index in [4.69, 9.17) is 15.0 Å². The zero-order chi connectivity index (χ0) is 11.5. The highest BCUT2D eigenvalue weighted by Gasteiger charge is 2.11. The van der Waals surface area contributed by atoms with E-state index in [0.717, 1.165) is 11.3 Å². The number of nitrogens with two attached hydrogens (primary N) is 1. The van der Waals surface area contributed by atoms with E-state index < -0.39 is 0 Å². The number of methoxy groups -OCH3 is 1. The standard InChI is InChI=1S/C11H13N3O2/c1-7(12)10-13-11(16-14-10)8-3-5-9(15-2)6-4-8/h3-7H,12H2,1-2H3. The maximum Gasteiger partial charge on any atom is 0.257 e. The quantitative estimate of drug-likeness (QED) is 0.851. The number of rotatable bonds is 3. The molecule has 1 unspecified atom stereocenters. The van der Waals surface area contributed by atoms with Crippen molar-refractivity contribution in [3.8, 4) is 17.2 Å². The molecule has 1 aromatic carbocycles. The second-order valence-electron chi connectivity index (χ2n) is 3.47. The van der Waals surface area contributed by atoms with Gasteiger partial charge in [0.15, 0.2) is 5.82 Å². The predicted octanol–water partition coefficient (Wildman–Crippen LogP) is 1.76. The molecule has 5 heteroatoms. The van der Waals surface area contributed by atoms with Gasteiger partial charge in [-0.15, -0.1) is 0 Å². The summed E-state index contributed by atoms with van der Waals surface area (Å²) >= 11 is 0. The predicted molar refractivity (Wildman–Crippen MR) is 58.9 cm³/mol. The summed E-state index contributed by atoms with van der Waals surface area (Å²) in [6, 6.07) is 7.17. The van der Waals surface area contributed by atoms with Crippen LogP contribution in [0.3, 0.4) is 0 Å². The lowest BCUT2D eigenvalue weighted by Gasteiger charge is -1.99. The van der Waals surface area contributed by atoms with Crippen LogP contribution in [0.1, 0.15) is 18.8 Å². The Labute approximate surface area is 93.2 Å². The first-order valence-corrected chi connectivity index (χ1v) is 4.94. The van der Waals surface area contributed by atoms with Crippen LogP contribution in [0, 0.1) is 0 Å². The molecular formula is C11H13N3O2. The Morgan fingerprint density at radius 2 is 2.00 bits per heavy atom. The van der Waals surface area contributed by atoms with Gasteiger partial charge in [0.1, 0.15) is 5.75 Å². The summed E-state index contributed by atoms with van der Waals surface area (Å²) in [7, 11) is 1.62. The molecule has 84 valence electrons. The number of nitrogens with zero attached hydrogens (tertiary/aromatic N) is 2. The van der Waals surface area contributed by atoms with E-state index in [1.165, 1.54) is 0 Å². The highest BCUT2D eigenvalue weighted by atomic mass is 16.5. The number of hydrogen-bond acceptors (Lipinski definition) is 5. The Bertz CT molecular complexity index is 462. The summed E-state index contributed by atoms with van der Waals surface area (Å²) in [6.45, 7) is 1.81. The molecule has 1 atom stereocenters. The van der Waals surface area contributed by atoms with Crippen molar-refractivity contribution in [2.75, 3.05) is 7.11 Å². The Hall–Kier alpha value is -1.88. The molecule has 0 fully saturated rings. The van der Waals surface area contributed by atoms with Gasteiger partial charge in [0.05, 0.1) is 13.2 Å². The van der Waals surface area contributed by atoms with E-state index in [9.17, 15) is 0 Å². The van der Waals surface area contributed by atoms with Crippen LogP contribution >= 0.6 is 0 Å². The van der Waals surface area contributed by atoms with Crippen LogP contribution in [0.15, 0.2) is 28.8 Å². The summed E-state index contributed by atoms with van der Waals surface area (Å²) in [6.07, 6.45) is 0. The van der Waals surface area contributed by atoms with Gasteiger partial charge in [-0.2, -0.15) is 4.98 Å². The highest BCUT2D eigenvalue weighted by molar-refractivity contribution is 5.54. The van der Waals surface area contributed by atoms with E-state index in [1.54, 1.807) is 7.11 Å². The third-order valence-electron chi connectivity index (χ3n) is 2.19. The Morgan fingerprint density at radius 3 is 2.50 bits per heavy atom. The van der Waals surface area contributed by atoms with E-state index in [0.29, 0.717) is 11.7 Å². The summed E-state index contributed by atoms with van der Waals surface area (Å²) in [5.74, 6) is 1.76. The van der Waals surface area contributed by atoms with E-state index in [1.807, 2.05) is 31.2 Å². The average molecular weight is 219 g/mol. The Balaban J connectivity index is 2.28. The second kappa shape index (κ2) is 4.32. The molecule has 0 bridgehead atoms. The largest absolute Gasteiger partial charge is 0.497 e. The van der Waals surface area contributed by atoms with E-state index in [2.05, 4.69) is 10.1 Å². The Morgan fingerprint density at radius 1 is 1.31 bits per heavy atom. The van der Waals surface area contributed by atoms with Crippen molar-refractivity contribution in [3.63, 3.8) is 0 Å². The van der Waals surface area contributed by atoms with Crippen LogP contribution in [0.25, 0.3) is 11.5 Å². The first-order valence-electron chi connectivity index (χ1n) is 4.94. The maximum atomic E-state index is 5.65. The molecule has 2 rings (SSSR count). The topological polar surface area (TPSA) is 74.2 Å². The minimum atomic E-state index is -0.226. The summed E-state index contributed by atoms with van der Waals surface area (Å²) in [5.41, 5.74) is 6.49. The van der Waals surface area contributed by atoms with Crippen LogP contribution in [0.4, 0.5) is 0 Å². The van der Waals surface area contributed by atoms with Crippen molar-refractivity contribution in [1.82, 2.24) is 10.1 Å². The van der Waals surface area contributed by atoms with Crippen LogP contribution in [0.2, 0.25) is 0 Å². The molecule has 5 nitrogen and oxygen atoms in total. The first-order chi connectivity index (χ1) is 7.70. The molecule has 0 saturated heterocycles. The summed E-state index contributed by atoms with van der Waals surface area (Å²) in [4.78, 5) is 4.19. The highest BCUT2D eigenvalue weighted by Crippen LogP contribution is 2.21. The SMILES string of the molecule is COc1ccc(-c2nc(C(C)N)no2)cc1. The zero-order valence-corrected chi connectivity index (χ0v) is 9.18. The minimum absolute atomic E-state index is 0.226. The normalized spacial score (nSPS) is 12.4. The van der Waals surface area contributed by atoms with Gasteiger partial charge in [0.2, 0.25) is 0 Å². The number of aromatic nitrogens is 2. The molecule has 2 N–H and O–H groups in total. The van der Waals surface area contributed by atoms with Gasteiger partial charge in [0, 0.05) is 5.56 Å². The van der Waals surface area contributed by atoms with Crippen molar-refractivity contribution >= 4 is 0 Å². The van der Waals surface area contributed by atoms with E-state index in [-0.39, 0.29) is 6.04 Å². The third-order valence-corrected chi connectivity index (χ3v) is 2.19. The molecule has 0 aliphatic carbocycles. The third kappa shape index (κ3) is 2.04. The molecule has 0 amide bonds. The molecular weight excluding hydrogens is 206 g/mol. The molecule has 0 radical (unpaired) electrons. The number of hydrogen-bond donors (Lipinski definition) is 1. The fourth-order valence-corrected chi connectivity index (χ4v) is 1.27. The lowest BCUT2D eigenvalue weighted by molar-refractivity contribution is 0.413. The fourth-order valence-electron chi connectivity index (χ4n) is 1.27. The smallest absolute Gasteiger partial charge is 0.257 e. The lowest BCUT2D eigenvalue weighted by atomic mass is 10.2. The van der Waals surface area contributed by atoms with Crippen molar-refractivity contribution in [2.24, 2.45) is 5.73 Å². The summed E-state index contributed by atoms with van der Waals surface area (Å²) in [5, 5.41) is 3.79. The zero-order valence-electron chi connectivity index (χ0n) is 9.18. The number of benzene rings is 1. The van der Waals surface area contributed by atoms with Gasteiger partial charge in [-0.25, -0.2) is 0 Å². The van der Waals surface area contributed by atoms with E-state index >= 15 is 0 Å². The van der Waals surface area contributed by atoms with Gasteiger partial charge < -0.3 is 15.0 Å². The minimum Gasteiger partial charge on any atom is -0.497 e. The van der Waals surface area contributed by atoms with Gasteiger partial charge in [0.25, 0.3) is 5.89 Å². The van der Waals surface area contributed by atoms with Gasteiger partial charge in [-0.3, -0.25) is 0 Å². The van der Waals surface area contributed by atoms with Crippen molar-refractivity contribution in [1.29, 1.82) is 0 Å². The average Bonchev–Trinajstić information content (AvgIpc) is 2.78. The van der Waals surface area contributed by atoms with Crippen molar-refractivity contribution < 1.29 is 9.26 Å². The monoisotopic (exact) mass is 219 g/mol. The van der Waals surface area contributed by atoms with Gasteiger partial charge >= 0.3 is 0 Å². The number of ether oxygens (including phenoxy) is 1. The first kappa shape index (κ1) is 10.6. The van der Waals surface area contributed by atoms with Gasteiger partial charge in [-0.05, 0) is 31.2 Å². The van der Waals surface area contributed by atoms with Crippen LogP contribution in [-0.2, 0) is 0 Å². The van der Waals surface area contributed by atoms with Crippen LogP contribution < -0.4 is 10.5 Å². The fraction of sp³-hybridized carbons (Fsp3) is 0.273. The van der Waals surface area contributed by atoms with Gasteiger partial charge in [-0.1, -0.05) is 5.16 Å². The van der Waals surface area contributed by atoms with Crippen LogP contribution in [0.5, 0.6) is 5.75 Å². The van der Waals surface area contributed by atoms with Crippen molar-refractivity contribution in [2.45, 2.75) is 13.0 Å². The molecule has 0 aliphatic rings. The molecule has 2 aromatic rings. The second-order valence-corrected chi connectivity index (χ2v) is 3.47.